The van der Waals surface area contributed by atoms with E-state index in [0.717, 1.165) is 19.4 Å². The molecule has 1 atom stereocenters. The Hall–Kier alpha value is -0.910. The largest absolute Gasteiger partial charge is 0.315 e. The zero-order valence-electron chi connectivity index (χ0n) is 12.2. The van der Waals surface area contributed by atoms with E-state index in [1.807, 2.05) is 32.0 Å². The highest BCUT2D eigenvalue weighted by atomic mass is 32.2. The number of nitrogens with one attached hydrogen (secondary N) is 2. The Morgan fingerprint density at radius 1 is 1.30 bits per heavy atom. The lowest BCUT2D eigenvalue weighted by Gasteiger charge is -2.27. The van der Waals surface area contributed by atoms with E-state index in [1.54, 1.807) is 0 Å². The average molecular weight is 296 g/mol. The SMILES string of the molecule is CC(C)(CCc1ccccc1)NS(=O)(=O)C1CCNC1. The number of hydrogen-bond acceptors (Lipinski definition) is 3. The third-order valence-corrected chi connectivity index (χ3v) is 5.87. The Balaban J connectivity index is 1.93. The molecule has 1 aromatic carbocycles. The lowest BCUT2D eigenvalue weighted by molar-refractivity contribution is 0.419. The fourth-order valence-electron chi connectivity index (χ4n) is 2.51. The van der Waals surface area contributed by atoms with Gasteiger partial charge in [0.05, 0.1) is 5.25 Å². The molecule has 1 unspecified atom stereocenters. The van der Waals surface area contributed by atoms with Gasteiger partial charge in [-0.05, 0) is 45.2 Å². The van der Waals surface area contributed by atoms with Gasteiger partial charge in [0.25, 0.3) is 0 Å². The molecule has 1 fully saturated rings. The molecular weight excluding hydrogens is 272 g/mol. The summed E-state index contributed by atoms with van der Waals surface area (Å²) in [5, 5.41) is 2.81. The molecule has 0 spiro atoms. The van der Waals surface area contributed by atoms with Crippen LogP contribution in [0.25, 0.3) is 0 Å². The van der Waals surface area contributed by atoms with Crippen LogP contribution in [0.3, 0.4) is 0 Å². The van der Waals surface area contributed by atoms with E-state index in [1.165, 1.54) is 5.56 Å². The van der Waals surface area contributed by atoms with E-state index in [-0.39, 0.29) is 5.25 Å². The second-order valence-corrected chi connectivity index (χ2v) is 8.09. The zero-order valence-corrected chi connectivity index (χ0v) is 13.0. The molecule has 2 rings (SSSR count). The smallest absolute Gasteiger partial charge is 0.216 e. The summed E-state index contributed by atoms with van der Waals surface area (Å²) in [6, 6.07) is 10.2. The predicted octanol–water partition coefficient (Wildman–Crippen LogP) is 1.68. The lowest BCUT2D eigenvalue weighted by Crippen LogP contribution is -2.48. The molecule has 0 aliphatic carbocycles. The molecule has 4 nitrogen and oxygen atoms in total. The van der Waals surface area contributed by atoms with Gasteiger partial charge >= 0.3 is 0 Å². The summed E-state index contributed by atoms with van der Waals surface area (Å²) in [5.74, 6) is 0. The van der Waals surface area contributed by atoms with Crippen molar-refractivity contribution in [1.82, 2.24) is 10.0 Å². The van der Waals surface area contributed by atoms with Crippen LogP contribution in [0.5, 0.6) is 0 Å². The van der Waals surface area contributed by atoms with Crippen LogP contribution >= 0.6 is 0 Å². The van der Waals surface area contributed by atoms with Crippen LogP contribution in [0.2, 0.25) is 0 Å². The third-order valence-electron chi connectivity index (χ3n) is 3.75. The summed E-state index contributed by atoms with van der Waals surface area (Å²) in [7, 11) is -3.23. The van der Waals surface area contributed by atoms with E-state index in [0.29, 0.717) is 13.0 Å². The second kappa shape index (κ2) is 6.24. The van der Waals surface area contributed by atoms with Crippen LogP contribution in [0.4, 0.5) is 0 Å². The van der Waals surface area contributed by atoms with Gasteiger partial charge in [0.1, 0.15) is 0 Å². The first-order chi connectivity index (χ1) is 9.39. The lowest BCUT2D eigenvalue weighted by atomic mass is 9.97. The fourth-order valence-corrected chi connectivity index (χ4v) is 4.32. The van der Waals surface area contributed by atoms with E-state index >= 15 is 0 Å². The second-order valence-electron chi connectivity index (χ2n) is 6.13. The first-order valence-corrected chi connectivity index (χ1v) is 8.71. The Bertz CT molecular complexity index is 520. The summed E-state index contributed by atoms with van der Waals surface area (Å²) in [4.78, 5) is 0. The van der Waals surface area contributed by atoms with Crippen LogP contribution in [-0.2, 0) is 16.4 Å². The molecule has 1 saturated heterocycles. The Labute approximate surface area is 122 Å². The first kappa shape index (κ1) is 15.5. The van der Waals surface area contributed by atoms with Crippen molar-refractivity contribution in [1.29, 1.82) is 0 Å². The molecule has 112 valence electrons. The molecule has 2 N–H and O–H groups in total. The molecule has 1 aromatic rings. The van der Waals surface area contributed by atoms with Gasteiger partial charge in [-0.2, -0.15) is 0 Å². The Morgan fingerprint density at radius 2 is 2.00 bits per heavy atom. The molecule has 20 heavy (non-hydrogen) atoms. The van der Waals surface area contributed by atoms with Crippen molar-refractivity contribution >= 4 is 10.0 Å². The molecule has 0 saturated carbocycles. The average Bonchev–Trinajstić information content (AvgIpc) is 2.91. The molecule has 0 radical (unpaired) electrons. The minimum Gasteiger partial charge on any atom is -0.315 e. The highest BCUT2D eigenvalue weighted by Gasteiger charge is 2.33. The molecule has 0 bridgehead atoms. The maximum atomic E-state index is 12.3. The number of sulfonamides is 1. The van der Waals surface area contributed by atoms with Gasteiger partial charge in [-0.1, -0.05) is 30.3 Å². The summed E-state index contributed by atoms with van der Waals surface area (Å²) < 4.78 is 27.5. The van der Waals surface area contributed by atoms with Crippen molar-refractivity contribution in [2.24, 2.45) is 0 Å². The summed E-state index contributed by atoms with van der Waals surface area (Å²) >= 11 is 0. The summed E-state index contributed by atoms with van der Waals surface area (Å²) in [5.41, 5.74) is 0.819. The van der Waals surface area contributed by atoms with Crippen molar-refractivity contribution in [2.75, 3.05) is 13.1 Å². The highest BCUT2D eigenvalue weighted by molar-refractivity contribution is 7.90. The van der Waals surface area contributed by atoms with Crippen LogP contribution in [-0.4, -0.2) is 32.3 Å². The maximum Gasteiger partial charge on any atom is 0.216 e. The maximum absolute atomic E-state index is 12.3. The topological polar surface area (TPSA) is 58.2 Å². The minimum absolute atomic E-state index is 0.293. The van der Waals surface area contributed by atoms with Gasteiger partial charge in [-0.15, -0.1) is 0 Å². The van der Waals surface area contributed by atoms with Gasteiger partial charge in [-0.3, -0.25) is 0 Å². The van der Waals surface area contributed by atoms with Crippen molar-refractivity contribution in [3.63, 3.8) is 0 Å². The molecule has 1 aliphatic heterocycles. The molecule has 0 amide bonds. The van der Waals surface area contributed by atoms with Gasteiger partial charge in [0.15, 0.2) is 0 Å². The predicted molar refractivity (Wildman–Crippen MR) is 82.2 cm³/mol. The monoisotopic (exact) mass is 296 g/mol. The van der Waals surface area contributed by atoms with Gasteiger partial charge in [-0.25, -0.2) is 13.1 Å². The Kier molecular flexibility index (Phi) is 4.83. The molecular formula is C15H24N2O2S. The normalized spacial score (nSPS) is 20.2. The zero-order chi connectivity index (χ0) is 14.6. The quantitative estimate of drug-likeness (QED) is 0.840. The van der Waals surface area contributed by atoms with Crippen molar-refractivity contribution in [3.8, 4) is 0 Å². The van der Waals surface area contributed by atoms with Crippen molar-refractivity contribution in [3.05, 3.63) is 35.9 Å². The molecule has 5 heteroatoms. The minimum atomic E-state index is -3.23. The van der Waals surface area contributed by atoms with Crippen LogP contribution in [0.1, 0.15) is 32.3 Å². The summed E-state index contributed by atoms with van der Waals surface area (Å²) in [6.07, 6.45) is 2.36. The molecule has 1 heterocycles. The van der Waals surface area contributed by atoms with Gasteiger partial charge in [0.2, 0.25) is 10.0 Å². The number of hydrogen-bond donors (Lipinski definition) is 2. The van der Waals surface area contributed by atoms with Gasteiger partial charge in [0, 0.05) is 12.1 Å². The number of aryl methyl sites for hydroxylation is 1. The van der Waals surface area contributed by atoms with Crippen molar-refractivity contribution < 1.29 is 8.42 Å². The van der Waals surface area contributed by atoms with Crippen LogP contribution in [0, 0.1) is 0 Å². The van der Waals surface area contributed by atoms with E-state index in [9.17, 15) is 8.42 Å². The number of benzene rings is 1. The Morgan fingerprint density at radius 3 is 2.60 bits per heavy atom. The van der Waals surface area contributed by atoms with Crippen LogP contribution < -0.4 is 10.0 Å². The standard InChI is InChI=1S/C15H24N2O2S/c1-15(2,10-8-13-6-4-3-5-7-13)17-20(18,19)14-9-11-16-12-14/h3-7,14,16-17H,8-12H2,1-2H3. The summed E-state index contributed by atoms with van der Waals surface area (Å²) in [6.45, 7) is 5.26. The number of rotatable bonds is 6. The van der Waals surface area contributed by atoms with Crippen molar-refractivity contribution in [2.45, 2.75) is 43.9 Å². The molecule has 1 aliphatic rings. The van der Waals surface area contributed by atoms with Crippen LogP contribution in [0.15, 0.2) is 30.3 Å². The highest BCUT2D eigenvalue weighted by Crippen LogP contribution is 2.18. The fraction of sp³-hybridized carbons (Fsp3) is 0.600. The van der Waals surface area contributed by atoms with E-state index in [4.69, 9.17) is 0 Å². The van der Waals surface area contributed by atoms with Gasteiger partial charge < -0.3 is 5.32 Å². The van der Waals surface area contributed by atoms with E-state index in [2.05, 4.69) is 22.2 Å². The third kappa shape index (κ3) is 4.30. The molecule has 0 aromatic heterocycles. The van der Waals surface area contributed by atoms with E-state index < -0.39 is 15.6 Å². The first-order valence-electron chi connectivity index (χ1n) is 7.16.